The smallest absolute Gasteiger partial charge is 0.325 e. The highest BCUT2D eigenvalue weighted by atomic mass is 35.5. The van der Waals surface area contributed by atoms with E-state index in [1.54, 1.807) is 9.80 Å². The van der Waals surface area contributed by atoms with E-state index in [4.69, 9.17) is 16.3 Å². The van der Waals surface area contributed by atoms with Gasteiger partial charge in [-0.05, 0) is 44.7 Å². The average Bonchev–Trinajstić information content (AvgIpc) is 3.12. The Hall–Kier alpha value is -2.87. The Labute approximate surface area is 186 Å². The molecule has 8 nitrogen and oxygen atoms in total. The van der Waals surface area contributed by atoms with Crippen molar-refractivity contribution in [1.29, 1.82) is 0 Å². The largest absolute Gasteiger partial charge is 0.460 e. The van der Waals surface area contributed by atoms with Gasteiger partial charge in [0.05, 0.1) is 17.4 Å². The third-order valence-corrected chi connectivity index (χ3v) is 5.88. The number of hydrogen-bond donors (Lipinski definition) is 1. The molecule has 1 aromatic heterocycles. The number of carbonyl (C=O) groups excluding carboxylic acids is 2. The van der Waals surface area contributed by atoms with Crippen LogP contribution in [0.3, 0.4) is 0 Å². The number of benzene rings is 1. The first-order valence-electron chi connectivity index (χ1n) is 10.5. The van der Waals surface area contributed by atoms with E-state index in [2.05, 4.69) is 15.3 Å². The number of aryl methyl sites for hydroxylation is 1. The Bertz CT molecular complexity index is 914. The summed E-state index contributed by atoms with van der Waals surface area (Å²) in [6.45, 7) is 3.22. The number of rotatable bonds is 6. The minimum atomic E-state index is -0.126. The molecule has 2 fully saturated rings. The molecule has 0 atom stereocenters. The molecule has 0 unspecified atom stereocenters. The number of urea groups is 1. The van der Waals surface area contributed by atoms with Crippen LogP contribution in [0.25, 0.3) is 0 Å². The number of nitrogens with zero attached hydrogens (tertiary/aromatic N) is 4. The van der Waals surface area contributed by atoms with Crippen molar-refractivity contribution in [2.45, 2.75) is 44.8 Å². The van der Waals surface area contributed by atoms with Crippen LogP contribution in [0.15, 0.2) is 36.7 Å². The number of nitrogens with one attached hydrogen (secondary N) is 1. The molecule has 164 valence electrons. The maximum Gasteiger partial charge on any atom is 0.325 e. The van der Waals surface area contributed by atoms with Crippen molar-refractivity contribution in [1.82, 2.24) is 20.2 Å². The Morgan fingerprint density at radius 1 is 1.13 bits per heavy atom. The van der Waals surface area contributed by atoms with E-state index >= 15 is 0 Å². The molecular formula is C22H26ClN5O3. The van der Waals surface area contributed by atoms with Crippen molar-refractivity contribution >= 4 is 29.2 Å². The van der Waals surface area contributed by atoms with Gasteiger partial charge in [-0.15, -0.1) is 0 Å². The van der Waals surface area contributed by atoms with Gasteiger partial charge in [0, 0.05) is 24.8 Å². The highest BCUT2D eigenvalue weighted by molar-refractivity contribution is 6.30. The topological polar surface area (TPSA) is 87.7 Å². The molecule has 3 amide bonds. The second-order valence-corrected chi connectivity index (χ2v) is 8.47. The Morgan fingerprint density at radius 3 is 2.48 bits per heavy atom. The summed E-state index contributed by atoms with van der Waals surface area (Å²) < 4.78 is 5.79. The zero-order valence-corrected chi connectivity index (χ0v) is 18.2. The lowest BCUT2D eigenvalue weighted by Gasteiger charge is -2.29. The quantitative estimate of drug-likeness (QED) is 0.740. The van der Waals surface area contributed by atoms with Gasteiger partial charge in [0.25, 0.3) is 0 Å². The molecule has 31 heavy (non-hydrogen) atoms. The molecule has 1 aliphatic heterocycles. The third-order valence-electron chi connectivity index (χ3n) is 5.68. The molecule has 4 rings (SSSR count). The Kier molecular flexibility index (Phi) is 6.56. The first-order valence-corrected chi connectivity index (χ1v) is 10.9. The highest BCUT2D eigenvalue weighted by Crippen LogP contribution is 2.23. The summed E-state index contributed by atoms with van der Waals surface area (Å²) in [5.41, 5.74) is 2.01. The number of hydrogen-bond acceptors (Lipinski definition) is 5. The predicted molar refractivity (Wildman–Crippen MR) is 117 cm³/mol. The number of aromatic nitrogens is 2. The highest BCUT2D eigenvalue weighted by Gasteiger charge is 2.31. The van der Waals surface area contributed by atoms with E-state index in [1.807, 2.05) is 31.2 Å². The molecule has 1 aliphatic carbocycles. The third kappa shape index (κ3) is 5.44. The molecule has 1 N–H and O–H groups in total. The van der Waals surface area contributed by atoms with Gasteiger partial charge in [-0.2, -0.15) is 0 Å². The molecule has 2 aromatic rings. The molecule has 0 spiro atoms. The van der Waals surface area contributed by atoms with Crippen LogP contribution < -0.4 is 15.0 Å². The van der Waals surface area contributed by atoms with Gasteiger partial charge in [-0.25, -0.2) is 14.8 Å². The number of anilines is 1. The summed E-state index contributed by atoms with van der Waals surface area (Å²) >= 11 is 5.79. The van der Waals surface area contributed by atoms with Crippen LogP contribution in [-0.2, 0) is 4.79 Å². The number of halogens is 1. The van der Waals surface area contributed by atoms with Crippen molar-refractivity contribution in [3.63, 3.8) is 0 Å². The SMILES string of the molecule is Cc1ccc(N2CCN(CC(=O)NC3CCC(Oc4ncc(Cl)cn4)CC3)C2=O)cc1. The van der Waals surface area contributed by atoms with Crippen LogP contribution in [0.2, 0.25) is 5.02 Å². The van der Waals surface area contributed by atoms with Crippen LogP contribution in [-0.4, -0.2) is 58.6 Å². The van der Waals surface area contributed by atoms with E-state index in [9.17, 15) is 9.59 Å². The Balaban J connectivity index is 1.21. The molecule has 0 bridgehead atoms. The van der Waals surface area contributed by atoms with Crippen LogP contribution in [0.1, 0.15) is 31.2 Å². The standard InChI is InChI=1S/C22H26ClN5O3/c1-15-2-6-18(7-3-15)28-11-10-27(22(28)30)14-20(29)26-17-4-8-19(9-5-17)31-21-24-12-16(23)13-25-21/h2-3,6-7,12-13,17,19H,4-5,8-11,14H2,1H3,(H,26,29). The van der Waals surface area contributed by atoms with E-state index in [0.717, 1.165) is 36.9 Å². The molecule has 1 saturated heterocycles. The molecular weight excluding hydrogens is 418 g/mol. The fourth-order valence-corrected chi connectivity index (χ4v) is 4.07. The molecule has 2 heterocycles. The molecule has 9 heteroatoms. The van der Waals surface area contributed by atoms with Gasteiger partial charge in [0.2, 0.25) is 5.91 Å². The zero-order valence-electron chi connectivity index (χ0n) is 17.5. The number of amides is 3. The lowest BCUT2D eigenvalue weighted by molar-refractivity contribution is -0.122. The number of carbonyl (C=O) groups is 2. The average molecular weight is 444 g/mol. The Morgan fingerprint density at radius 2 is 1.81 bits per heavy atom. The van der Waals surface area contributed by atoms with Gasteiger partial charge >= 0.3 is 12.0 Å². The second-order valence-electron chi connectivity index (χ2n) is 8.03. The molecule has 0 radical (unpaired) electrons. The molecule has 2 aliphatic rings. The van der Waals surface area contributed by atoms with Crippen molar-refractivity contribution in [3.8, 4) is 6.01 Å². The monoisotopic (exact) mass is 443 g/mol. The first-order chi connectivity index (χ1) is 15.0. The number of ether oxygens (including phenoxy) is 1. The summed E-state index contributed by atoms with van der Waals surface area (Å²) in [6.07, 6.45) is 6.28. The van der Waals surface area contributed by atoms with E-state index in [-0.39, 0.29) is 30.6 Å². The maximum atomic E-state index is 12.7. The predicted octanol–water partition coefficient (Wildman–Crippen LogP) is 3.19. The second kappa shape index (κ2) is 9.51. The fourth-order valence-electron chi connectivity index (χ4n) is 3.98. The van der Waals surface area contributed by atoms with Crippen molar-refractivity contribution < 1.29 is 14.3 Å². The van der Waals surface area contributed by atoms with Gasteiger partial charge < -0.3 is 15.0 Å². The van der Waals surface area contributed by atoms with Crippen LogP contribution in [0.5, 0.6) is 6.01 Å². The summed E-state index contributed by atoms with van der Waals surface area (Å²) in [7, 11) is 0. The maximum absolute atomic E-state index is 12.7. The van der Waals surface area contributed by atoms with Gasteiger partial charge in [-0.1, -0.05) is 29.3 Å². The van der Waals surface area contributed by atoms with Gasteiger partial charge in [0.15, 0.2) is 0 Å². The lowest BCUT2D eigenvalue weighted by Crippen LogP contribution is -2.45. The van der Waals surface area contributed by atoms with E-state index in [0.29, 0.717) is 24.1 Å². The first kappa shape index (κ1) is 21.4. The summed E-state index contributed by atoms with van der Waals surface area (Å²) in [6, 6.07) is 8.12. The van der Waals surface area contributed by atoms with Crippen LogP contribution in [0.4, 0.5) is 10.5 Å². The van der Waals surface area contributed by atoms with Crippen molar-refractivity contribution in [2.75, 3.05) is 24.5 Å². The molecule has 1 saturated carbocycles. The van der Waals surface area contributed by atoms with E-state index in [1.165, 1.54) is 12.4 Å². The van der Waals surface area contributed by atoms with Crippen molar-refractivity contribution in [3.05, 3.63) is 47.2 Å². The lowest BCUT2D eigenvalue weighted by atomic mass is 9.93. The van der Waals surface area contributed by atoms with Crippen molar-refractivity contribution in [2.24, 2.45) is 0 Å². The van der Waals surface area contributed by atoms with Crippen LogP contribution >= 0.6 is 11.6 Å². The van der Waals surface area contributed by atoms with E-state index < -0.39 is 0 Å². The normalized spacial score (nSPS) is 21.3. The minimum absolute atomic E-state index is 0.0255. The fraction of sp³-hybridized carbons (Fsp3) is 0.455. The minimum Gasteiger partial charge on any atom is -0.460 e. The van der Waals surface area contributed by atoms with Gasteiger partial charge in [-0.3, -0.25) is 9.69 Å². The van der Waals surface area contributed by atoms with Gasteiger partial charge in [0.1, 0.15) is 12.6 Å². The zero-order chi connectivity index (χ0) is 21.8. The summed E-state index contributed by atoms with van der Waals surface area (Å²) in [5, 5.41) is 3.53. The van der Waals surface area contributed by atoms with Crippen LogP contribution in [0, 0.1) is 6.92 Å². The summed E-state index contributed by atoms with van der Waals surface area (Å²) in [4.78, 5) is 36.6. The summed E-state index contributed by atoms with van der Waals surface area (Å²) in [5.74, 6) is -0.121. The molecule has 1 aromatic carbocycles.